The average Bonchev–Trinajstić information content (AvgIpc) is 2.32. The van der Waals surface area contributed by atoms with Crippen LogP contribution < -0.4 is 5.32 Å². The Morgan fingerprint density at radius 2 is 1.82 bits per heavy atom. The van der Waals surface area contributed by atoms with Gasteiger partial charge in [0.2, 0.25) is 0 Å². The van der Waals surface area contributed by atoms with Crippen LogP contribution in [0.2, 0.25) is 0 Å². The first-order valence-corrected chi connectivity index (χ1v) is 5.98. The Morgan fingerprint density at radius 1 is 1.24 bits per heavy atom. The van der Waals surface area contributed by atoms with Crippen LogP contribution in [0.25, 0.3) is 0 Å². The molecule has 3 N–H and O–H groups in total. The van der Waals surface area contributed by atoms with Gasteiger partial charge in [-0.3, -0.25) is 0 Å². The normalized spacial score (nSPS) is 13.8. The minimum atomic E-state index is -0.643. The quantitative estimate of drug-likeness (QED) is 0.730. The van der Waals surface area contributed by atoms with Crippen LogP contribution in [0, 0.1) is 13.8 Å². The van der Waals surface area contributed by atoms with Crippen molar-refractivity contribution in [3.05, 3.63) is 34.9 Å². The van der Waals surface area contributed by atoms with Crippen LogP contribution in [0.15, 0.2) is 18.2 Å². The van der Waals surface area contributed by atoms with Gasteiger partial charge in [0.25, 0.3) is 0 Å². The third kappa shape index (κ3) is 3.53. The number of aliphatic hydroxyl groups is 2. The summed E-state index contributed by atoms with van der Waals surface area (Å²) in [6.07, 6.45) is 0. The van der Waals surface area contributed by atoms with Crippen LogP contribution in [-0.4, -0.2) is 29.0 Å². The zero-order valence-electron chi connectivity index (χ0n) is 11.1. The van der Waals surface area contributed by atoms with Gasteiger partial charge in [-0.15, -0.1) is 0 Å². The predicted octanol–water partition coefficient (Wildman–Crippen LogP) is 1.70. The molecule has 0 aliphatic carbocycles. The van der Waals surface area contributed by atoms with Crippen molar-refractivity contribution in [3.8, 4) is 0 Å². The zero-order valence-corrected chi connectivity index (χ0v) is 11.1. The van der Waals surface area contributed by atoms with E-state index in [2.05, 4.69) is 37.4 Å². The van der Waals surface area contributed by atoms with Crippen LogP contribution in [0.5, 0.6) is 0 Å². The number of aliphatic hydroxyl groups excluding tert-OH is 2. The summed E-state index contributed by atoms with van der Waals surface area (Å²) >= 11 is 0. The van der Waals surface area contributed by atoms with Crippen molar-refractivity contribution in [2.75, 3.05) is 13.2 Å². The molecule has 0 heterocycles. The molecule has 1 unspecified atom stereocenters. The molecule has 1 rings (SSSR count). The molecule has 0 radical (unpaired) electrons. The summed E-state index contributed by atoms with van der Waals surface area (Å²) in [5.74, 6) is 0. The topological polar surface area (TPSA) is 52.5 Å². The minimum absolute atomic E-state index is 0.0846. The molecular weight excluding hydrogens is 214 g/mol. The third-order valence-electron chi connectivity index (χ3n) is 3.16. The van der Waals surface area contributed by atoms with Crippen molar-refractivity contribution in [2.45, 2.75) is 39.3 Å². The van der Waals surface area contributed by atoms with E-state index in [1.807, 2.05) is 13.8 Å². The van der Waals surface area contributed by atoms with E-state index < -0.39 is 5.54 Å². The van der Waals surface area contributed by atoms with Crippen molar-refractivity contribution in [3.63, 3.8) is 0 Å². The molecule has 0 saturated carbocycles. The second-order valence-corrected chi connectivity index (χ2v) is 5.10. The van der Waals surface area contributed by atoms with Crippen molar-refractivity contribution in [1.82, 2.24) is 5.32 Å². The van der Waals surface area contributed by atoms with Crippen molar-refractivity contribution in [1.29, 1.82) is 0 Å². The van der Waals surface area contributed by atoms with Crippen molar-refractivity contribution < 1.29 is 10.2 Å². The van der Waals surface area contributed by atoms with Crippen LogP contribution in [0.4, 0.5) is 0 Å². The highest BCUT2D eigenvalue weighted by molar-refractivity contribution is 5.32. The molecule has 0 bridgehead atoms. The average molecular weight is 237 g/mol. The summed E-state index contributed by atoms with van der Waals surface area (Å²) in [5, 5.41) is 21.8. The number of nitrogens with one attached hydrogen (secondary N) is 1. The molecule has 0 aromatic heterocycles. The summed E-state index contributed by atoms with van der Waals surface area (Å²) in [4.78, 5) is 0. The van der Waals surface area contributed by atoms with Crippen LogP contribution in [-0.2, 0) is 0 Å². The fourth-order valence-corrected chi connectivity index (χ4v) is 1.97. The van der Waals surface area contributed by atoms with E-state index >= 15 is 0 Å². The minimum Gasteiger partial charge on any atom is -0.394 e. The summed E-state index contributed by atoms with van der Waals surface area (Å²) in [7, 11) is 0. The Morgan fingerprint density at radius 3 is 2.35 bits per heavy atom. The fraction of sp³-hybridized carbons (Fsp3) is 0.571. The smallest absolute Gasteiger partial charge is 0.0633 e. The Kier molecular flexibility index (Phi) is 4.69. The molecule has 0 amide bonds. The molecule has 0 fully saturated rings. The lowest BCUT2D eigenvalue weighted by Gasteiger charge is -2.31. The summed E-state index contributed by atoms with van der Waals surface area (Å²) in [5.41, 5.74) is 3.00. The van der Waals surface area contributed by atoms with Crippen molar-refractivity contribution >= 4 is 0 Å². The van der Waals surface area contributed by atoms with Gasteiger partial charge >= 0.3 is 0 Å². The molecule has 0 aliphatic heterocycles. The van der Waals surface area contributed by atoms with Gasteiger partial charge in [0, 0.05) is 6.04 Å². The lowest BCUT2D eigenvalue weighted by molar-refractivity contribution is 0.0957. The summed E-state index contributed by atoms with van der Waals surface area (Å²) < 4.78 is 0. The first-order chi connectivity index (χ1) is 7.91. The molecular formula is C14H23NO2. The monoisotopic (exact) mass is 237 g/mol. The summed E-state index contributed by atoms with van der Waals surface area (Å²) in [6.45, 7) is 7.83. The Bertz CT molecular complexity index is 372. The first kappa shape index (κ1) is 14.2. The maximum Gasteiger partial charge on any atom is 0.0633 e. The van der Waals surface area contributed by atoms with Gasteiger partial charge in [-0.05, 0) is 38.8 Å². The number of aryl methyl sites for hydroxylation is 2. The van der Waals surface area contributed by atoms with Gasteiger partial charge in [-0.2, -0.15) is 0 Å². The lowest BCUT2D eigenvalue weighted by Crippen LogP contribution is -2.50. The molecule has 3 nitrogen and oxygen atoms in total. The molecule has 0 spiro atoms. The summed E-state index contributed by atoms with van der Waals surface area (Å²) in [6, 6.07) is 6.42. The molecule has 17 heavy (non-hydrogen) atoms. The number of hydrogen-bond acceptors (Lipinski definition) is 3. The Hall–Kier alpha value is -0.900. The van der Waals surface area contributed by atoms with Gasteiger partial charge in [0.15, 0.2) is 0 Å². The molecule has 0 saturated heterocycles. The number of hydrogen-bond donors (Lipinski definition) is 3. The predicted molar refractivity (Wildman–Crippen MR) is 70.0 cm³/mol. The van der Waals surface area contributed by atoms with E-state index in [9.17, 15) is 10.2 Å². The van der Waals surface area contributed by atoms with Gasteiger partial charge in [-0.1, -0.05) is 23.8 Å². The van der Waals surface area contributed by atoms with E-state index in [1.165, 1.54) is 16.7 Å². The Balaban J connectivity index is 2.89. The maximum absolute atomic E-state index is 9.28. The molecule has 1 atom stereocenters. The second kappa shape index (κ2) is 5.63. The highest BCUT2D eigenvalue weighted by Crippen LogP contribution is 2.21. The van der Waals surface area contributed by atoms with Crippen molar-refractivity contribution in [2.24, 2.45) is 0 Å². The van der Waals surface area contributed by atoms with Gasteiger partial charge < -0.3 is 15.5 Å². The molecule has 96 valence electrons. The van der Waals surface area contributed by atoms with Gasteiger partial charge in [0.05, 0.1) is 18.8 Å². The molecule has 3 heteroatoms. The zero-order chi connectivity index (χ0) is 13.1. The highest BCUT2D eigenvalue weighted by atomic mass is 16.3. The molecule has 0 aliphatic rings. The third-order valence-corrected chi connectivity index (χ3v) is 3.16. The standard InChI is InChI=1S/C14H23NO2/c1-10-5-6-11(2)13(7-10)12(3)15-14(4,8-16)9-17/h5-7,12,15-17H,8-9H2,1-4H3. The van der Waals surface area contributed by atoms with E-state index in [-0.39, 0.29) is 19.3 Å². The van der Waals surface area contributed by atoms with E-state index in [1.54, 1.807) is 0 Å². The van der Waals surface area contributed by atoms with Crippen LogP contribution >= 0.6 is 0 Å². The van der Waals surface area contributed by atoms with E-state index in [0.29, 0.717) is 0 Å². The highest BCUT2D eigenvalue weighted by Gasteiger charge is 2.25. The first-order valence-electron chi connectivity index (χ1n) is 5.98. The number of rotatable bonds is 5. The maximum atomic E-state index is 9.28. The van der Waals surface area contributed by atoms with E-state index in [4.69, 9.17) is 0 Å². The fourth-order valence-electron chi connectivity index (χ4n) is 1.97. The Labute approximate surface area is 103 Å². The SMILES string of the molecule is Cc1ccc(C)c(C(C)NC(C)(CO)CO)c1. The second-order valence-electron chi connectivity index (χ2n) is 5.10. The van der Waals surface area contributed by atoms with E-state index in [0.717, 1.165) is 0 Å². The molecule has 1 aromatic carbocycles. The number of benzene rings is 1. The van der Waals surface area contributed by atoms with Gasteiger partial charge in [-0.25, -0.2) is 0 Å². The van der Waals surface area contributed by atoms with Crippen LogP contribution in [0.1, 0.15) is 36.6 Å². The van der Waals surface area contributed by atoms with Gasteiger partial charge in [0.1, 0.15) is 0 Å². The largest absolute Gasteiger partial charge is 0.394 e. The molecule has 1 aromatic rings. The van der Waals surface area contributed by atoms with Crippen LogP contribution in [0.3, 0.4) is 0 Å². The lowest BCUT2D eigenvalue weighted by atomic mass is 9.96.